The normalized spacial score (nSPS) is 11.7. The Bertz CT molecular complexity index is 1440. The van der Waals surface area contributed by atoms with Crippen LogP contribution in [0, 0.1) is 0 Å². The molecule has 2 aromatic carbocycles. The van der Waals surface area contributed by atoms with Crippen LogP contribution in [0.15, 0.2) is 67.1 Å². The minimum atomic E-state index is -0.928. The number of rotatable bonds is 10. The molecule has 1 atom stereocenters. The molecule has 0 fully saturated rings. The van der Waals surface area contributed by atoms with E-state index in [1.165, 1.54) is 23.3 Å². The Morgan fingerprint density at radius 3 is 2.74 bits per heavy atom. The molecule has 4 rings (SSSR count). The third-order valence-corrected chi connectivity index (χ3v) is 6.26. The molecule has 194 valence electrons. The molecular weight excluding hydrogens is 530 g/mol. The number of hydrogen-bond donors (Lipinski definition) is 2. The molecule has 0 bridgehead atoms. The van der Waals surface area contributed by atoms with E-state index in [9.17, 15) is 14.4 Å². The van der Waals surface area contributed by atoms with Crippen molar-refractivity contribution in [3.8, 4) is 5.69 Å². The van der Waals surface area contributed by atoms with Crippen LogP contribution in [0.4, 0.5) is 5.13 Å². The molecule has 38 heavy (non-hydrogen) atoms. The van der Waals surface area contributed by atoms with Gasteiger partial charge >= 0.3 is 5.97 Å². The van der Waals surface area contributed by atoms with Crippen molar-refractivity contribution in [2.75, 3.05) is 11.9 Å². The predicted octanol–water partition coefficient (Wildman–Crippen LogP) is 3.33. The minimum Gasteiger partial charge on any atom is -0.462 e. The van der Waals surface area contributed by atoms with Crippen LogP contribution in [-0.4, -0.2) is 55.6 Å². The minimum absolute atomic E-state index is 0.214. The third kappa shape index (κ3) is 7.08. The molecule has 2 N–H and O–H groups in total. The number of aromatic nitrogens is 5. The first-order valence-corrected chi connectivity index (χ1v) is 12.6. The molecule has 2 amide bonds. The lowest BCUT2D eigenvalue weighted by molar-refractivity contribution is -0.123. The molecule has 0 aliphatic heterocycles. The Morgan fingerprint density at radius 2 is 2.00 bits per heavy atom. The number of esters is 1. The van der Waals surface area contributed by atoms with Gasteiger partial charge in [-0.2, -0.15) is 4.68 Å². The number of carbonyl (C=O) groups excluding carboxylic acids is 3. The highest BCUT2D eigenvalue weighted by Gasteiger charge is 2.22. The average Bonchev–Trinajstić information content (AvgIpc) is 3.61. The molecule has 4 aromatic rings. The zero-order valence-electron chi connectivity index (χ0n) is 20.1. The third-order valence-electron chi connectivity index (χ3n) is 5.13. The van der Waals surface area contributed by atoms with Gasteiger partial charge in [0.05, 0.1) is 18.5 Å². The molecule has 0 unspecified atom stereocenters. The second kappa shape index (κ2) is 12.7. The maximum atomic E-state index is 13.1. The highest BCUT2D eigenvalue weighted by molar-refractivity contribution is 7.17. The lowest BCUT2D eigenvalue weighted by atomic mass is 10.1. The van der Waals surface area contributed by atoms with Crippen LogP contribution >= 0.6 is 22.9 Å². The molecule has 0 spiro atoms. The Morgan fingerprint density at radius 1 is 1.18 bits per heavy atom. The van der Waals surface area contributed by atoms with E-state index in [2.05, 4.69) is 31.1 Å². The Labute approximate surface area is 226 Å². The molecule has 2 aromatic heterocycles. The van der Waals surface area contributed by atoms with Crippen LogP contribution in [0.2, 0.25) is 5.02 Å². The number of thiazole rings is 1. The summed E-state index contributed by atoms with van der Waals surface area (Å²) in [6.45, 7) is 1.93. The summed E-state index contributed by atoms with van der Waals surface area (Å²) >= 11 is 7.13. The summed E-state index contributed by atoms with van der Waals surface area (Å²) in [5.41, 5.74) is 2.06. The molecule has 11 nitrogen and oxygen atoms in total. The maximum absolute atomic E-state index is 13.1. The van der Waals surface area contributed by atoms with E-state index in [4.69, 9.17) is 16.3 Å². The number of benzene rings is 2. The molecule has 0 radical (unpaired) electrons. The number of tetrazole rings is 1. The lowest BCUT2D eigenvalue weighted by Crippen LogP contribution is -2.44. The number of nitrogens with one attached hydrogen (secondary N) is 2. The highest BCUT2D eigenvalue weighted by Crippen LogP contribution is 2.21. The van der Waals surface area contributed by atoms with Gasteiger partial charge < -0.3 is 15.4 Å². The smallest absolute Gasteiger partial charge is 0.350 e. The summed E-state index contributed by atoms with van der Waals surface area (Å²) in [4.78, 5) is 42.3. The summed E-state index contributed by atoms with van der Waals surface area (Å²) in [6.07, 6.45) is 5.84. The zero-order valence-corrected chi connectivity index (χ0v) is 21.6. The first-order chi connectivity index (χ1) is 18.4. The first kappa shape index (κ1) is 26.6. The number of anilines is 1. The standard InChI is InChI=1S/C25H22ClN7O4S/c1-2-37-24(36)21-14-27-25(38-21)30-23(35)19(12-16-6-4-3-5-7-16)29-22(34)11-8-17-13-18(26)9-10-20(17)33-15-28-31-32-33/h3-11,13-15,19H,2,12H2,1H3,(H,29,34)(H,27,30,35)/t19-/m0/s1. The fraction of sp³-hybridized carbons (Fsp3) is 0.160. The monoisotopic (exact) mass is 551 g/mol. The van der Waals surface area contributed by atoms with Crippen molar-refractivity contribution in [1.29, 1.82) is 0 Å². The van der Waals surface area contributed by atoms with E-state index in [1.807, 2.05) is 30.3 Å². The maximum Gasteiger partial charge on any atom is 0.350 e. The summed E-state index contributed by atoms with van der Waals surface area (Å²) in [5, 5.41) is 17.2. The molecular formula is C25H22ClN7O4S. The fourth-order valence-corrected chi connectivity index (χ4v) is 4.30. The summed E-state index contributed by atoms with van der Waals surface area (Å²) in [7, 11) is 0. The van der Waals surface area contributed by atoms with Crippen LogP contribution in [0.3, 0.4) is 0 Å². The fourth-order valence-electron chi connectivity index (χ4n) is 3.40. The van der Waals surface area contributed by atoms with Crippen LogP contribution < -0.4 is 10.6 Å². The van der Waals surface area contributed by atoms with E-state index in [-0.39, 0.29) is 23.0 Å². The van der Waals surface area contributed by atoms with Gasteiger partial charge in [0, 0.05) is 23.1 Å². The van der Waals surface area contributed by atoms with Gasteiger partial charge in [0.15, 0.2) is 5.13 Å². The van der Waals surface area contributed by atoms with Gasteiger partial charge in [0.25, 0.3) is 0 Å². The van der Waals surface area contributed by atoms with Gasteiger partial charge in [-0.1, -0.05) is 53.3 Å². The van der Waals surface area contributed by atoms with Crippen LogP contribution in [-0.2, 0) is 20.7 Å². The van der Waals surface area contributed by atoms with E-state index in [0.29, 0.717) is 16.3 Å². The average molecular weight is 552 g/mol. The van der Waals surface area contributed by atoms with E-state index in [1.54, 1.807) is 31.2 Å². The topological polar surface area (TPSA) is 141 Å². The van der Waals surface area contributed by atoms with Crippen molar-refractivity contribution in [2.45, 2.75) is 19.4 Å². The number of amides is 2. The first-order valence-electron chi connectivity index (χ1n) is 11.4. The van der Waals surface area contributed by atoms with Crippen LogP contribution in [0.5, 0.6) is 0 Å². The van der Waals surface area contributed by atoms with Gasteiger partial charge in [0.2, 0.25) is 11.8 Å². The lowest BCUT2D eigenvalue weighted by Gasteiger charge is -2.17. The van der Waals surface area contributed by atoms with Crippen LogP contribution in [0.1, 0.15) is 27.7 Å². The summed E-state index contributed by atoms with van der Waals surface area (Å²) < 4.78 is 6.40. The Balaban J connectivity index is 1.50. The van der Waals surface area contributed by atoms with Gasteiger partial charge in [-0.25, -0.2) is 9.78 Å². The van der Waals surface area contributed by atoms with Crippen molar-refractivity contribution in [2.24, 2.45) is 0 Å². The van der Waals surface area contributed by atoms with Crippen molar-refractivity contribution in [3.63, 3.8) is 0 Å². The van der Waals surface area contributed by atoms with Crippen molar-refractivity contribution < 1.29 is 19.1 Å². The van der Waals surface area contributed by atoms with E-state index >= 15 is 0 Å². The van der Waals surface area contributed by atoms with Crippen molar-refractivity contribution in [3.05, 3.63) is 88.2 Å². The van der Waals surface area contributed by atoms with Crippen LogP contribution in [0.25, 0.3) is 11.8 Å². The number of hydrogen-bond acceptors (Lipinski definition) is 9. The van der Waals surface area contributed by atoms with Gasteiger partial charge in [-0.15, -0.1) is 5.10 Å². The Kier molecular flexibility index (Phi) is 8.90. The predicted molar refractivity (Wildman–Crippen MR) is 142 cm³/mol. The van der Waals surface area contributed by atoms with Gasteiger partial charge in [-0.3, -0.25) is 9.59 Å². The quantitative estimate of drug-likeness (QED) is 0.226. The van der Waals surface area contributed by atoms with Gasteiger partial charge in [-0.05, 0) is 47.2 Å². The molecule has 0 saturated carbocycles. The highest BCUT2D eigenvalue weighted by atomic mass is 35.5. The largest absolute Gasteiger partial charge is 0.462 e. The number of halogens is 1. The van der Waals surface area contributed by atoms with E-state index in [0.717, 1.165) is 16.9 Å². The van der Waals surface area contributed by atoms with E-state index < -0.39 is 23.8 Å². The molecule has 0 aliphatic rings. The number of ether oxygens (including phenoxy) is 1. The molecule has 13 heteroatoms. The second-order valence-corrected chi connectivity index (χ2v) is 9.25. The van der Waals surface area contributed by atoms with Crippen molar-refractivity contribution >= 4 is 51.9 Å². The molecule has 0 saturated heterocycles. The summed E-state index contributed by atoms with van der Waals surface area (Å²) in [6, 6.07) is 13.4. The zero-order chi connectivity index (χ0) is 26.9. The second-order valence-electron chi connectivity index (χ2n) is 7.78. The molecule has 0 aliphatic carbocycles. The molecule has 2 heterocycles. The summed E-state index contributed by atoms with van der Waals surface area (Å²) in [5.74, 6) is -1.51. The number of carbonyl (C=O) groups is 3. The SMILES string of the molecule is CCOC(=O)c1cnc(NC(=O)[C@H](Cc2ccccc2)NC(=O)C=Cc2cc(Cl)ccc2-n2cnnn2)s1. The number of nitrogens with zero attached hydrogens (tertiary/aromatic N) is 5. The Hall–Kier alpha value is -4.42. The van der Waals surface area contributed by atoms with Gasteiger partial charge in [0.1, 0.15) is 17.2 Å². The van der Waals surface area contributed by atoms with Crippen molar-refractivity contribution in [1.82, 2.24) is 30.5 Å².